The van der Waals surface area contributed by atoms with Crippen LogP contribution < -0.4 is 15.5 Å². The Bertz CT molecular complexity index is 1020. The minimum absolute atomic E-state index is 0.0531. The molecule has 2 saturated carbocycles. The summed E-state index contributed by atoms with van der Waals surface area (Å²) in [6, 6.07) is 3.56. The lowest BCUT2D eigenvalue weighted by Gasteiger charge is -2.25. The molecule has 0 spiro atoms. The van der Waals surface area contributed by atoms with Crippen LogP contribution in [-0.4, -0.2) is 29.3 Å². The smallest absolute Gasteiger partial charge is 0.347 e. The van der Waals surface area contributed by atoms with E-state index in [1.165, 1.54) is 12.5 Å². The van der Waals surface area contributed by atoms with Crippen molar-refractivity contribution in [3.05, 3.63) is 34.4 Å². The zero-order chi connectivity index (χ0) is 22.7. The molecule has 0 aliphatic heterocycles. The molecule has 1 N–H and O–H groups in total. The van der Waals surface area contributed by atoms with Crippen molar-refractivity contribution >= 4 is 22.6 Å². The molecule has 2 aliphatic carbocycles. The van der Waals surface area contributed by atoms with Crippen LogP contribution in [0.25, 0.3) is 10.9 Å². The third kappa shape index (κ3) is 4.76. The van der Waals surface area contributed by atoms with Gasteiger partial charge in [-0.15, -0.1) is 0 Å². The average molecular weight is 445 g/mol. The van der Waals surface area contributed by atoms with Gasteiger partial charge in [-0.1, -0.05) is 32.1 Å². The van der Waals surface area contributed by atoms with E-state index >= 15 is 4.39 Å². The topological polar surface area (TPSA) is 69.6 Å². The number of nitrogens with one attached hydrogen (secondary N) is 1. The molecule has 1 atom stereocenters. The molecular formula is C25H33FN2O4. The third-order valence-corrected chi connectivity index (χ3v) is 6.69. The number of carbonyl (C=O) groups is 1. The maximum Gasteiger partial charge on any atom is 0.347 e. The van der Waals surface area contributed by atoms with E-state index in [-0.39, 0.29) is 29.8 Å². The van der Waals surface area contributed by atoms with Crippen molar-refractivity contribution in [2.24, 2.45) is 0 Å². The average Bonchev–Trinajstić information content (AvgIpc) is 3.32. The predicted octanol–water partition coefficient (Wildman–Crippen LogP) is 5.33. The van der Waals surface area contributed by atoms with Crippen LogP contribution in [0.2, 0.25) is 0 Å². The van der Waals surface area contributed by atoms with Crippen LogP contribution in [0.5, 0.6) is 5.75 Å². The SMILES string of the molecule is CCOC(=O)C(C)Oc1cn(C2CCCC2)c2cc(NC3CCCCC3)c(F)cc2c1=O. The van der Waals surface area contributed by atoms with Crippen molar-refractivity contribution in [2.45, 2.75) is 89.8 Å². The monoisotopic (exact) mass is 444 g/mol. The highest BCUT2D eigenvalue weighted by Gasteiger charge is 2.24. The van der Waals surface area contributed by atoms with Crippen molar-refractivity contribution in [2.75, 3.05) is 11.9 Å². The van der Waals surface area contributed by atoms with Gasteiger partial charge in [0.25, 0.3) is 0 Å². The lowest BCUT2D eigenvalue weighted by molar-refractivity contribution is -0.150. The molecule has 1 aromatic carbocycles. The second kappa shape index (κ2) is 9.92. The third-order valence-electron chi connectivity index (χ3n) is 6.69. The molecule has 0 saturated heterocycles. The molecule has 6 nitrogen and oxygen atoms in total. The van der Waals surface area contributed by atoms with Gasteiger partial charge in [0.15, 0.2) is 11.9 Å². The number of hydrogen-bond acceptors (Lipinski definition) is 5. The molecule has 1 unspecified atom stereocenters. The number of ether oxygens (including phenoxy) is 2. The summed E-state index contributed by atoms with van der Waals surface area (Å²) in [5.74, 6) is -0.913. The maximum absolute atomic E-state index is 15.1. The van der Waals surface area contributed by atoms with Gasteiger partial charge in [-0.25, -0.2) is 9.18 Å². The van der Waals surface area contributed by atoms with Crippen molar-refractivity contribution in [1.82, 2.24) is 4.57 Å². The van der Waals surface area contributed by atoms with E-state index in [9.17, 15) is 9.59 Å². The van der Waals surface area contributed by atoms with Gasteiger partial charge in [0, 0.05) is 12.1 Å². The van der Waals surface area contributed by atoms with Gasteiger partial charge in [-0.3, -0.25) is 4.79 Å². The molecule has 1 aromatic heterocycles. The molecule has 2 aromatic rings. The molecule has 2 aliphatic rings. The number of hydrogen-bond donors (Lipinski definition) is 1. The van der Waals surface area contributed by atoms with Gasteiger partial charge in [0.1, 0.15) is 5.82 Å². The number of aromatic nitrogens is 1. The standard InChI is InChI=1S/C25H33FN2O4/c1-3-31-25(30)16(2)32-23-15-28(18-11-7-8-12-18)22-14-21(20(26)13-19(22)24(23)29)27-17-9-5-4-6-10-17/h13-18,27H,3-12H2,1-2H3. The highest BCUT2D eigenvalue weighted by molar-refractivity contribution is 5.84. The fourth-order valence-corrected chi connectivity index (χ4v) is 4.99. The fraction of sp³-hybridized carbons (Fsp3) is 0.600. The number of carbonyl (C=O) groups excluding carboxylic acids is 1. The minimum atomic E-state index is -0.922. The first-order valence-corrected chi connectivity index (χ1v) is 12.0. The number of anilines is 1. The van der Waals surface area contributed by atoms with Crippen molar-refractivity contribution < 1.29 is 18.7 Å². The lowest BCUT2D eigenvalue weighted by atomic mass is 9.95. The van der Waals surface area contributed by atoms with Gasteiger partial charge in [0.2, 0.25) is 5.43 Å². The van der Waals surface area contributed by atoms with Crippen LogP contribution in [0.4, 0.5) is 10.1 Å². The molecule has 174 valence electrons. The summed E-state index contributed by atoms with van der Waals surface area (Å²) in [7, 11) is 0. The van der Waals surface area contributed by atoms with Crippen LogP contribution >= 0.6 is 0 Å². The Morgan fingerprint density at radius 2 is 1.84 bits per heavy atom. The van der Waals surface area contributed by atoms with E-state index in [1.807, 2.05) is 4.57 Å². The van der Waals surface area contributed by atoms with Gasteiger partial charge >= 0.3 is 5.97 Å². The van der Waals surface area contributed by atoms with E-state index in [0.717, 1.165) is 51.4 Å². The number of halogens is 1. The van der Waals surface area contributed by atoms with Crippen LogP contribution in [0.1, 0.15) is 77.7 Å². The van der Waals surface area contributed by atoms with Crippen molar-refractivity contribution in [3.8, 4) is 5.75 Å². The summed E-state index contributed by atoms with van der Waals surface area (Å²) >= 11 is 0. The number of fused-ring (bicyclic) bond motifs is 1. The van der Waals surface area contributed by atoms with Crippen LogP contribution in [0.3, 0.4) is 0 Å². The predicted molar refractivity (Wildman–Crippen MR) is 123 cm³/mol. The van der Waals surface area contributed by atoms with E-state index in [0.29, 0.717) is 11.2 Å². The van der Waals surface area contributed by atoms with E-state index < -0.39 is 23.3 Å². The van der Waals surface area contributed by atoms with E-state index in [1.54, 1.807) is 26.1 Å². The van der Waals surface area contributed by atoms with Crippen molar-refractivity contribution in [1.29, 1.82) is 0 Å². The Balaban J connectivity index is 1.75. The van der Waals surface area contributed by atoms with E-state index in [4.69, 9.17) is 9.47 Å². The largest absolute Gasteiger partial charge is 0.473 e. The molecule has 0 bridgehead atoms. The molecule has 1 heterocycles. The van der Waals surface area contributed by atoms with Crippen molar-refractivity contribution in [3.63, 3.8) is 0 Å². The molecular weight excluding hydrogens is 411 g/mol. The Labute approximate surface area is 188 Å². The first-order chi connectivity index (χ1) is 15.5. The first-order valence-electron chi connectivity index (χ1n) is 12.0. The molecule has 0 amide bonds. The van der Waals surface area contributed by atoms with Gasteiger partial charge in [0.05, 0.1) is 29.4 Å². The van der Waals surface area contributed by atoms with Gasteiger partial charge in [-0.2, -0.15) is 0 Å². The highest BCUT2D eigenvalue weighted by atomic mass is 19.1. The normalized spacial score (nSPS) is 18.6. The maximum atomic E-state index is 15.1. The summed E-state index contributed by atoms with van der Waals surface area (Å²) in [4.78, 5) is 25.2. The fourth-order valence-electron chi connectivity index (χ4n) is 4.99. The summed E-state index contributed by atoms with van der Waals surface area (Å²) < 4.78 is 27.8. The number of benzene rings is 1. The van der Waals surface area contributed by atoms with Crippen LogP contribution in [0, 0.1) is 5.82 Å². The van der Waals surface area contributed by atoms with Crippen LogP contribution in [-0.2, 0) is 9.53 Å². The summed E-state index contributed by atoms with van der Waals surface area (Å²) in [6.07, 6.45) is 10.6. The summed E-state index contributed by atoms with van der Waals surface area (Å²) in [5, 5.41) is 3.65. The zero-order valence-corrected chi connectivity index (χ0v) is 19.0. The molecule has 7 heteroatoms. The first kappa shape index (κ1) is 22.6. The second-order valence-corrected chi connectivity index (χ2v) is 9.01. The molecule has 32 heavy (non-hydrogen) atoms. The quantitative estimate of drug-likeness (QED) is 0.585. The minimum Gasteiger partial charge on any atom is -0.473 e. The Kier molecular flexibility index (Phi) is 7.01. The van der Waals surface area contributed by atoms with Gasteiger partial charge in [-0.05, 0) is 51.7 Å². The van der Waals surface area contributed by atoms with E-state index in [2.05, 4.69) is 5.32 Å². The molecule has 2 fully saturated rings. The highest BCUT2D eigenvalue weighted by Crippen LogP contribution is 2.34. The number of nitrogens with zero attached hydrogens (tertiary/aromatic N) is 1. The van der Waals surface area contributed by atoms with Gasteiger partial charge < -0.3 is 19.4 Å². The second-order valence-electron chi connectivity index (χ2n) is 9.01. The molecule has 4 rings (SSSR count). The summed E-state index contributed by atoms with van der Waals surface area (Å²) in [5.41, 5.74) is 0.746. The number of rotatable bonds is 7. The zero-order valence-electron chi connectivity index (χ0n) is 19.0. The lowest BCUT2D eigenvalue weighted by Crippen LogP contribution is -2.29. The van der Waals surface area contributed by atoms with Crippen LogP contribution in [0.15, 0.2) is 23.1 Å². The Morgan fingerprint density at radius 1 is 1.16 bits per heavy atom. The Hall–Kier alpha value is -2.57. The number of pyridine rings is 1. The summed E-state index contributed by atoms with van der Waals surface area (Å²) in [6.45, 7) is 3.51. The Morgan fingerprint density at radius 3 is 2.53 bits per heavy atom. The molecule has 0 radical (unpaired) electrons. The number of esters is 1.